The third-order valence-electron chi connectivity index (χ3n) is 1.61. The lowest BCUT2D eigenvalue weighted by Gasteiger charge is -2.15. The van der Waals surface area contributed by atoms with Crippen molar-refractivity contribution in [1.29, 1.82) is 0 Å². The molecule has 0 fully saturated rings. The van der Waals surface area contributed by atoms with Crippen molar-refractivity contribution >= 4 is 0 Å². The van der Waals surface area contributed by atoms with Crippen molar-refractivity contribution in [2.45, 2.75) is 47.5 Å². The topological polar surface area (TPSA) is 9.23 Å². The Hall–Kier alpha value is -0.720. The third-order valence-corrected chi connectivity index (χ3v) is 1.61. The van der Waals surface area contributed by atoms with Crippen molar-refractivity contribution < 1.29 is 4.74 Å². The van der Waals surface area contributed by atoms with E-state index in [1.807, 2.05) is 40.7 Å². The zero-order valence-corrected chi connectivity index (χ0v) is 9.81. The summed E-state index contributed by atoms with van der Waals surface area (Å²) in [5.74, 6) is 1.05. The molecule has 13 heavy (non-hydrogen) atoms. The summed E-state index contributed by atoms with van der Waals surface area (Å²) in [5.41, 5.74) is 1.27. The van der Waals surface area contributed by atoms with E-state index in [4.69, 9.17) is 4.74 Å². The summed E-state index contributed by atoms with van der Waals surface area (Å²) in [7, 11) is 0. The molecule has 1 heterocycles. The maximum Gasteiger partial charge on any atom is 0.0960 e. The highest BCUT2D eigenvalue weighted by molar-refractivity contribution is 5.20. The number of allylic oxidation sites excluding steroid dienone is 3. The predicted octanol–water partition coefficient (Wildman–Crippen LogP) is 4.31. The van der Waals surface area contributed by atoms with E-state index in [1.165, 1.54) is 5.57 Å². The smallest absolute Gasteiger partial charge is 0.0960 e. The Morgan fingerprint density at radius 1 is 1.23 bits per heavy atom. The van der Waals surface area contributed by atoms with Crippen LogP contribution in [-0.2, 0) is 4.74 Å². The van der Waals surface area contributed by atoms with Gasteiger partial charge in [0.1, 0.15) is 0 Å². The summed E-state index contributed by atoms with van der Waals surface area (Å²) in [4.78, 5) is 0. The van der Waals surface area contributed by atoms with E-state index in [1.54, 1.807) is 0 Å². The summed E-state index contributed by atoms with van der Waals surface area (Å²) in [6.45, 7) is 14.6. The zero-order valence-electron chi connectivity index (χ0n) is 9.81. The van der Waals surface area contributed by atoms with E-state index in [9.17, 15) is 0 Å². The molecule has 1 rings (SSSR count). The molecule has 0 saturated heterocycles. The van der Waals surface area contributed by atoms with Gasteiger partial charge in [-0.05, 0) is 25.3 Å². The maximum atomic E-state index is 5.29. The van der Waals surface area contributed by atoms with Gasteiger partial charge in [-0.2, -0.15) is 0 Å². The van der Waals surface area contributed by atoms with Crippen LogP contribution in [0.4, 0.5) is 0 Å². The largest absolute Gasteiger partial charge is 0.498 e. The van der Waals surface area contributed by atoms with Crippen LogP contribution in [0.1, 0.15) is 47.5 Å². The van der Waals surface area contributed by atoms with Crippen molar-refractivity contribution in [2.75, 3.05) is 6.61 Å². The van der Waals surface area contributed by atoms with Crippen LogP contribution in [0.3, 0.4) is 0 Å². The number of hydrogen-bond acceptors (Lipinski definition) is 1. The Balaban J connectivity index is 0. The highest BCUT2D eigenvalue weighted by Crippen LogP contribution is 2.18. The van der Waals surface area contributed by atoms with Gasteiger partial charge in [-0.1, -0.05) is 40.3 Å². The van der Waals surface area contributed by atoms with E-state index >= 15 is 0 Å². The lowest BCUT2D eigenvalue weighted by Crippen LogP contribution is -2.02. The van der Waals surface area contributed by atoms with Gasteiger partial charge in [0.15, 0.2) is 0 Å². The van der Waals surface area contributed by atoms with Crippen LogP contribution in [-0.4, -0.2) is 6.61 Å². The second kappa shape index (κ2) is 11.3. The highest BCUT2D eigenvalue weighted by atomic mass is 16.5. The summed E-state index contributed by atoms with van der Waals surface area (Å²) in [6, 6.07) is 0. The first-order valence-electron chi connectivity index (χ1n) is 5.29. The minimum absolute atomic E-state index is 0.878. The molecule has 0 aromatic heterocycles. The number of hydrogen-bond donors (Lipinski definition) is 0. The molecule has 0 aromatic rings. The highest BCUT2D eigenvalue weighted by Gasteiger charge is 2.05. The van der Waals surface area contributed by atoms with E-state index < -0.39 is 0 Å². The van der Waals surface area contributed by atoms with Crippen molar-refractivity contribution in [3.63, 3.8) is 0 Å². The van der Waals surface area contributed by atoms with Crippen molar-refractivity contribution in [3.05, 3.63) is 24.0 Å². The monoisotopic (exact) mass is 184 g/mol. The molecule has 0 bridgehead atoms. The number of rotatable bonds is 1. The molecule has 0 aromatic carbocycles. The summed E-state index contributed by atoms with van der Waals surface area (Å²) >= 11 is 0. The van der Waals surface area contributed by atoms with E-state index in [-0.39, 0.29) is 0 Å². The Morgan fingerprint density at radius 2 is 1.77 bits per heavy atom. The molecule has 1 aliphatic rings. The molecular weight excluding hydrogens is 160 g/mol. The fraction of sp³-hybridized carbons (Fsp3) is 0.667. The van der Waals surface area contributed by atoms with Crippen molar-refractivity contribution in [3.8, 4) is 0 Å². The molecule has 0 radical (unpaired) electrons. The predicted molar refractivity (Wildman–Crippen MR) is 60.8 cm³/mol. The molecule has 0 N–H and O–H groups in total. The summed E-state index contributed by atoms with van der Waals surface area (Å²) in [6.07, 6.45) is 4.16. The fourth-order valence-electron chi connectivity index (χ4n) is 1.00. The molecule has 78 valence electrons. The Bertz CT molecular complexity index is 145. The van der Waals surface area contributed by atoms with Crippen molar-refractivity contribution in [2.24, 2.45) is 0 Å². The van der Waals surface area contributed by atoms with Gasteiger partial charge in [0, 0.05) is 0 Å². The average molecular weight is 184 g/mol. The third kappa shape index (κ3) is 6.44. The minimum atomic E-state index is 0.878. The molecule has 0 unspecified atom stereocenters. The molecule has 0 saturated carbocycles. The Labute approximate surface area is 83.5 Å². The van der Waals surface area contributed by atoms with Crippen LogP contribution in [0.2, 0.25) is 0 Å². The average Bonchev–Trinajstić information content (AvgIpc) is 2.24. The Kier molecular flexibility index (Phi) is 12.8. The standard InChI is InChI=1S/C8H12O.2C2H6/c1-3-8-5-4-6-9-7(8)2;2*1-2/h3H,1,4-6H2,2H3;2*1-2H3. The van der Waals surface area contributed by atoms with Gasteiger partial charge in [0.2, 0.25) is 0 Å². The van der Waals surface area contributed by atoms with Crippen LogP contribution in [0, 0.1) is 0 Å². The lowest BCUT2D eigenvalue weighted by atomic mass is 10.1. The van der Waals surface area contributed by atoms with Gasteiger partial charge in [-0.25, -0.2) is 0 Å². The molecule has 1 aliphatic heterocycles. The van der Waals surface area contributed by atoms with E-state index in [0.717, 1.165) is 25.2 Å². The maximum absolute atomic E-state index is 5.29. The van der Waals surface area contributed by atoms with Crippen molar-refractivity contribution in [1.82, 2.24) is 0 Å². The SMILES string of the molecule is C=CC1=C(C)OCCC1.CC.CC. The quantitative estimate of drug-likeness (QED) is 0.590. The molecule has 0 spiro atoms. The normalized spacial score (nSPS) is 14.2. The lowest BCUT2D eigenvalue weighted by molar-refractivity contribution is 0.191. The molecule has 1 nitrogen and oxygen atoms in total. The minimum Gasteiger partial charge on any atom is -0.498 e. The Morgan fingerprint density at radius 3 is 2.08 bits per heavy atom. The summed E-state index contributed by atoms with van der Waals surface area (Å²) in [5, 5.41) is 0. The fourth-order valence-corrected chi connectivity index (χ4v) is 1.00. The van der Waals surface area contributed by atoms with Gasteiger partial charge in [0.25, 0.3) is 0 Å². The zero-order chi connectivity index (χ0) is 10.7. The van der Waals surface area contributed by atoms with Crippen LogP contribution < -0.4 is 0 Å². The first-order valence-corrected chi connectivity index (χ1v) is 5.29. The van der Waals surface area contributed by atoms with E-state index in [0.29, 0.717) is 0 Å². The second-order valence-electron chi connectivity index (χ2n) is 2.24. The van der Waals surface area contributed by atoms with Gasteiger partial charge in [-0.15, -0.1) is 0 Å². The first kappa shape index (κ1) is 14.8. The van der Waals surface area contributed by atoms with Crippen LogP contribution in [0.5, 0.6) is 0 Å². The summed E-state index contributed by atoms with van der Waals surface area (Å²) < 4.78 is 5.29. The molecule has 0 aliphatic carbocycles. The molecule has 1 heteroatoms. The van der Waals surface area contributed by atoms with Gasteiger partial charge >= 0.3 is 0 Å². The first-order chi connectivity index (χ1) is 6.34. The van der Waals surface area contributed by atoms with Gasteiger partial charge in [-0.3, -0.25) is 0 Å². The molecular formula is C12H24O. The molecule has 0 amide bonds. The van der Waals surface area contributed by atoms with Crippen LogP contribution in [0.15, 0.2) is 24.0 Å². The van der Waals surface area contributed by atoms with Gasteiger partial charge in [0.05, 0.1) is 12.4 Å². The van der Waals surface area contributed by atoms with Crippen LogP contribution >= 0.6 is 0 Å². The second-order valence-corrected chi connectivity index (χ2v) is 2.24. The van der Waals surface area contributed by atoms with Gasteiger partial charge < -0.3 is 4.74 Å². The molecule has 0 atom stereocenters. The van der Waals surface area contributed by atoms with Crippen LogP contribution in [0.25, 0.3) is 0 Å². The van der Waals surface area contributed by atoms with E-state index in [2.05, 4.69) is 6.58 Å². The number of ether oxygens (including phenoxy) is 1.